The highest BCUT2D eigenvalue weighted by molar-refractivity contribution is 5.93. The Labute approximate surface area is 130 Å². The molecule has 1 aromatic carbocycles. The van der Waals surface area contributed by atoms with Gasteiger partial charge in [-0.2, -0.15) is 0 Å². The van der Waals surface area contributed by atoms with E-state index in [-0.39, 0.29) is 0 Å². The first-order chi connectivity index (χ1) is 10.8. The lowest BCUT2D eigenvalue weighted by Gasteiger charge is -2.30. The zero-order valence-corrected chi connectivity index (χ0v) is 12.9. The fourth-order valence-electron chi connectivity index (χ4n) is 2.57. The van der Waals surface area contributed by atoms with Crippen molar-refractivity contribution in [2.45, 2.75) is 25.8 Å². The molecule has 0 atom stereocenters. The van der Waals surface area contributed by atoms with Crippen molar-refractivity contribution in [3.8, 4) is 0 Å². The first-order valence-corrected chi connectivity index (χ1v) is 7.77. The molecule has 6 nitrogen and oxygen atoms in total. The minimum Gasteiger partial charge on any atom is -0.343 e. The smallest absolute Gasteiger partial charge is 0.198 e. The van der Waals surface area contributed by atoms with Crippen LogP contribution in [-0.2, 0) is 13.6 Å². The zero-order chi connectivity index (χ0) is 15.2. The predicted molar refractivity (Wildman–Crippen MR) is 87.6 cm³/mol. The quantitative estimate of drug-likeness (QED) is 0.697. The summed E-state index contributed by atoms with van der Waals surface area (Å²) in [5, 5.41) is 11.5. The van der Waals surface area contributed by atoms with Crippen LogP contribution in [0.1, 0.15) is 25.1 Å². The van der Waals surface area contributed by atoms with Gasteiger partial charge in [0.1, 0.15) is 12.9 Å². The minimum absolute atomic E-state index is 0.530. The molecule has 0 spiro atoms. The number of para-hydroxylation sites is 1. The highest BCUT2D eigenvalue weighted by Gasteiger charge is 2.15. The SMILES string of the molecule is Cn1cnnc1CN=C(Nc1ccccc1)N1CCCCC1. The van der Waals surface area contributed by atoms with Crippen molar-refractivity contribution in [2.75, 3.05) is 18.4 Å². The van der Waals surface area contributed by atoms with E-state index in [1.54, 1.807) is 6.33 Å². The lowest BCUT2D eigenvalue weighted by molar-refractivity contribution is 0.340. The summed E-state index contributed by atoms with van der Waals surface area (Å²) in [5.74, 6) is 1.79. The zero-order valence-electron chi connectivity index (χ0n) is 12.9. The first-order valence-electron chi connectivity index (χ1n) is 7.77. The van der Waals surface area contributed by atoms with Crippen LogP contribution < -0.4 is 5.32 Å². The monoisotopic (exact) mass is 298 g/mol. The number of anilines is 1. The molecule has 0 amide bonds. The standard InChI is InChI=1S/C16H22N6/c1-21-13-18-20-15(21)12-17-16(22-10-6-3-7-11-22)19-14-8-4-2-5-9-14/h2,4-5,8-9,13H,3,6-7,10-12H2,1H3,(H,17,19). The Bertz CT molecular complexity index is 613. The van der Waals surface area contributed by atoms with Crippen LogP contribution in [0.5, 0.6) is 0 Å². The number of nitrogens with zero attached hydrogens (tertiary/aromatic N) is 5. The number of piperidine rings is 1. The van der Waals surface area contributed by atoms with Gasteiger partial charge in [0, 0.05) is 25.8 Å². The van der Waals surface area contributed by atoms with Gasteiger partial charge in [0.15, 0.2) is 11.8 Å². The van der Waals surface area contributed by atoms with Gasteiger partial charge in [-0.15, -0.1) is 10.2 Å². The summed E-state index contributed by atoms with van der Waals surface area (Å²) in [6, 6.07) is 10.2. The summed E-state index contributed by atoms with van der Waals surface area (Å²) in [7, 11) is 1.94. The minimum atomic E-state index is 0.530. The maximum Gasteiger partial charge on any atom is 0.198 e. The molecule has 1 aliphatic heterocycles. The van der Waals surface area contributed by atoms with E-state index >= 15 is 0 Å². The molecule has 2 aromatic rings. The maximum absolute atomic E-state index is 4.75. The number of guanidine groups is 1. The fourth-order valence-corrected chi connectivity index (χ4v) is 2.57. The van der Waals surface area contributed by atoms with Crippen molar-refractivity contribution in [3.05, 3.63) is 42.5 Å². The molecule has 0 unspecified atom stereocenters. The largest absolute Gasteiger partial charge is 0.343 e. The number of aryl methyl sites for hydroxylation is 1. The van der Waals surface area contributed by atoms with Crippen molar-refractivity contribution < 1.29 is 0 Å². The summed E-state index contributed by atoms with van der Waals surface area (Å²) in [6.45, 7) is 2.64. The molecule has 1 saturated heterocycles. The Morgan fingerprint density at radius 1 is 1.18 bits per heavy atom. The number of nitrogens with one attached hydrogen (secondary N) is 1. The van der Waals surface area contributed by atoms with Crippen LogP contribution in [0.4, 0.5) is 5.69 Å². The highest BCUT2D eigenvalue weighted by Crippen LogP contribution is 2.13. The molecule has 3 rings (SSSR count). The van der Waals surface area contributed by atoms with Gasteiger partial charge in [0.25, 0.3) is 0 Å². The van der Waals surface area contributed by atoms with Gasteiger partial charge >= 0.3 is 0 Å². The number of hydrogen-bond acceptors (Lipinski definition) is 3. The van der Waals surface area contributed by atoms with Gasteiger partial charge in [-0.05, 0) is 31.4 Å². The Hall–Kier alpha value is -2.37. The van der Waals surface area contributed by atoms with Crippen LogP contribution in [0.2, 0.25) is 0 Å². The van der Waals surface area contributed by atoms with E-state index in [9.17, 15) is 0 Å². The van der Waals surface area contributed by atoms with E-state index in [2.05, 4.69) is 32.5 Å². The summed E-state index contributed by atoms with van der Waals surface area (Å²) in [5.41, 5.74) is 1.06. The van der Waals surface area contributed by atoms with Crippen LogP contribution in [-0.4, -0.2) is 38.7 Å². The molecule has 0 radical (unpaired) electrons. The molecular weight excluding hydrogens is 276 g/mol. The third kappa shape index (κ3) is 3.63. The van der Waals surface area contributed by atoms with Crippen LogP contribution in [0.25, 0.3) is 0 Å². The second-order valence-electron chi connectivity index (χ2n) is 5.54. The van der Waals surface area contributed by atoms with Crippen molar-refractivity contribution in [1.82, 2.24) is 19.7 Å². The number of rotatable bonds is 3. The van der Waals surface area contributed by atoms with Crippen LogP contribution in [0, 0.1) is 0 Å². The van der Waals surface area contributed by atoms with Gasteiger partial charge in [-0.25, -0.2) is 4.99 Å². The van der Waals surface area contributed by atoms with Crippen molar-refractivity contribution in [1.29, 1.82) is 0 Å². The molecule has 1 aliphatic rings. The number of aliphatic imine (C=N–C) groups is 1. The third-order valence-electron chi connectivity index (χ3n) is 3.86. The molecule has 22 heavy (non-hydrogen) atoms. The van der Waals surface area contributed by atoms with Crippen LogP contribution in [0.3, 0.4) is 0 Å². The molecular formula is C16H22N6. The second kappa shape index (κ2) is 7.06. The summed E-state index contributed by atoms with van der Waals surface area (Å²) >= 11 is 0. The molecule has 116 valence electrons. The van der Waals surface area contributed by atoms with Gasteiger partial charge in [0.05, 0.1) is 0 Å². The number of hydrogen-bond donors (Lipinski definition) is 1. The highest BCUT2D eigenvalue weighted by atomic mass is 15.3. The molecule has 0 aliphatic carbocycles. The van der Waals surface area contributed by atoms with Crippen LogP contribution in [0.15, 0.2) is 41.7 Å². The topological polar surface area (TPSA) is 58.3 Å². The average Bonchev–Trinajstić information content (AvgIpc) is 2.98. The van der Waals surface area contributed by atoms with E-state index in [0.717, 1.165) is 30.6 Å². The molecule has 0 saturated carbocycles. The Kier molecular flexibility index (Phi) is 4.68. The van der Waals surface area contributed by atoms with E-state index in [4.69, 9.17) is 4.99 Å². The molecule has 2 heterocycles. The molecule has 1 aromatic heterocycles. The van der Waals surface area contributed by atoms with Crippen LogP contribution >= 0.6 is 0 Å². The third-order valence-corrected chi connectivity index (χ3v) is 3.86. The lowest BCUT2D eigenvalue weighted by Crippen LogP contribution is -2.40. The molecule has 1 N–H and O–H groups in total. The van der Waals surface area contributed by atoms with Gasteiger partial charge in [-0.1, -0.05) is 18.2 Å². The molecule has 1 fully saturated rings. The summed E-state index contributed by atoms with van der Waals surface area (Å²) < 4.78 is 1.90. The van der Waals surface area contributed by atoms with Crippen molar-refractivity contribution >= 4 is 11.6 Å². The van der Waals surface area contributed by atoms with Gasteiger partial charge in [0.2, 0.25) is 0 Å². The Balaban J connectivity index is 1.77. The average molecular weight is 298 g/mol. The van der Waals surface area contributed by atoms with E-state index in [1.165, 1.54) is 19.3 Å². The van der Waals surface area contributed by atoms with E-state index in [1.807, 2.05) is 29.8 Å². The number of benzene rings is 1. The van der Waals surface area contributed by atoms with Gasteiger partial charge in [-0.3, -0.25) is 0 Å². The Morgan fingerprint density at radius 3 is 2.64 bits per heavy atom. The van der Waals surface area contributed by atoms with E-state index < -0.39 is 0 Å². The number of likely N-dealkylation sites (tertiary alicyclic amines) is 1. The molecule has 0 bridgehead atoms. The van der Waals surface area contributed by atoms with E-state index in [0.29, 0.717) is 6.54 Å². The Morgan fingerprint density at radius 2 is 1.95 bits per heavy atom. The lowest BCUT2D eigenvalue weighted by atomic mass is 10.1. The molecule has 6 heteroatoms. The summed E-state index contributed by atoms with van der Waals surface area (Å²) in [6.07, 6.45) is 5.45. The number of aromatic nitrogens is 3. The van der Waals surface area contributed by atoms with Crippen molar-refractivity contribution in [2.24, 2.45) is 12.0 Å². The first kappa shape index (κ1) is 14.6. The van der Waals surface area contributed by atoms with Gasteiger partial charge < -0.3 is 14.8 Å². The fraction of sp³-hybridized carbons (Fsp3) is 0.438. The maximum atomic E-state index is 4.75. The van der Waals surface area contributed by atoms with Crippen molar-refractivity contribution in [3.63, 3.8) is 0 Å². The predicted octanol–water partition coefficient (Wildman–Crippen LogP) is 2.27. The second-order valence-corrected chi connectivity index (χ2v) is 5.54. The normalized spacial score (nSPS) is 15.9. The summed E-state index contributed by atoms with van der Waals surface area (Å²) in [4.78, 5) is 7.08.